The molecule has 0 fully saturated rings. The van der Waals surface area contributed by atoms with Gasteiger partial charge in [0.05, 0.1) is 26.7 Å². The van der Waals surface area contributed by atoms with Gasteiger partial charge in [0.2, 0.25) is 5.91 Å². The van der Waals surface area contributed by atoms with E-state index in [-0.39, 0.29) is 43.5 Å². The van der Waals surface area contributed by atoms with Crippen LogP contribution in [-0.4, -0.2) is 52.5 Å². The zero-order chi connectivity index (χ0) is 26.2. The van der Waals surface area contributed by atoms with E-state index in [1.54, 1.807) is 50.1 Å². The van der Waals surface area contributed by atoms with Gasteiger partial charge in [-0.05, 0) is 43.3 Å². The highest BCUT2D eigenvalue weighted by Crippen LogP contribution is 2.15. The predicted molar refractivity (Wildman–Crippen MR) is 139 cm³/mol. The van der Waals surface area contributed by atoms with E-state index in [1.165, 1.54) is 4.57 Å². The fraction of sp³-hybridized carbons (Fsp3) is 0.308. The van der Waals surface area contributed by atoms with Gasteiger partial charge < -0.3 is 15.8 Å². The fourth-order valence-corrected chi connectivity index (χ4v) is 3.81. The van der Waals surface area contributed by atoms with Gasteiger partial charge in [-0.2, -0.15) is 0 Å². The molecule has 3 aromatic rings. The van der Waals surface area contributed by atoms with E-state index in [1.807, 2.05) is 30.3 Å². The topological polar surface area (TPSA) is 129 Å². The molecule has 0 atom stereocenters. The first-order valence-electron chi connectivity index (χ1n) is 11.7. The van der Waals surface area contributed by atoms with E-state index in [4.69, 9.17) is 10.5 Å². The Morgan fingerprint density at radius 1 is 0.972 bits per heavy atom. The average molecular weight is 494 g/mol. The number of likely N-dealkylation sites (N-methyl/N-ethyl adjacent to an activating group) is 1. The molecule has 36 heavy (non-hydrogen) atoms. The van der Waals surface area contributed by atoms with E-state index < -0.39 is 17.0 Å². The number of ether oxygens (including phenoxy) is 1. The molecule has 3 rings (SSSR count). The van der Waals surface area contributed by atoms with Crippen LogP contribution in [0.1, 0.15) is 29.8 Å². The average Bonchev–Trinajstić information content (AvgIpc) is 2.87. The van der Waals surface area contributed by atoms with Crippen LogP contribution >= 0.6 is 0 Å². The number of nitrogens with one attached hydrogen (secondary N) is 1. The van der Waals surface area contributed by atoms with E-state index in [0.29, 0.717) is 18.0 Å². The molecule has 0 aliphatic rings. The molecule has 10 nitrogen and oxygen atoms in total. The number of amides is 1. The zero-order valence-corrected chi connectivity index (χ0v) is 20.7. The van der Waals surface area contributed by atoms with Gasteiger partial charge in [-0.25, -0.2) is 4.79 Å². The van der Waals surface area contributed by atoms with Gasteiger partial charge in [0, 0.05) is 12.2 Å². The van der Waals surface area contributed by atoms with Crippen LogP contribution in [0.15, 0.2) is 64.2 Å². The monoisotopic (exact) mass is 493 g/mol. The van der Waals surface area contributed by atoms with Crippen LogP contribution < -0.4 is 27.0 Å². The second-order valence-electron chi connectivity index (χ2n) is 8.17. The van der Waals surface area contributed by atoms with Crippen molar-refractivity contribution in [2.45, 2.75) is 26.9 Å². The first-order valence-corrected chi connectivity index (χ1v) is 11.7. The van der Waals surface area contributed by atoms with Crippen LogP contribution in [0.25, 0.3) is 0 Å². The Hall–Kier alpha value is -4.18. The van der Waals surface area contributed by atoms with Gasteiger partial charge in [0.25, 0.3) is 5.56 Å². The van der Waals surface area contributed by atoms with Gasteiger partial charge in [-0.3, -0.25) is 28.4 Å². The van der Waals surface area contributed by atoms with Gasteiger partial charge in [-0.1, -0.05) is 37.3 Å². The number of nitrogen functional groups attached to an aromatic ring is 1. The molecule has 0 unspecified atom stereocenters. The molecule has 0 saturated heterocycles. The molecule has 0 bridgehead atoms. The summed E-state index contributed by atoms with van der Waals surface area (Å²) in [6, 6.07) is 16.0. The lowest BCUT2D eigenvalue weighted by Crippen LogP contribution is -2.45. The minimum Gasteiger partial charge on any atom is -0.497 e. The Labute approximate surface area is 208 Å². The van der Waals surface area contributed by atoms with Crippen LogP contribution in [0, 0.1) is 0 Å². The third kappa shape index (κ3) is 6.08. The maximum absolute atomic E-state index is 13.3. The lowest BCUT2D eigenvalue weighted by molar-refractivity contribution is -0.117. The number of Topliss-reactive ketones (excluding diaryl/α,β-unsaturated/α-hetero) is 1. The number of nitrogens with zero attached hydrogens (tertiary/aromatic N) is 3. The minimum atomic E-state index is -0.729. The molecular formula is C26H31N5O5. The van der Waals surface area contributed by atoms with E-state index in [0.717, 1.165) is 10.1 Å². The number of benzene rings is 2. The number of rotatable bonds is 11. The molecule has 2 aromatic carbocycles. The summed E-state index contributed by atoms with van der Waals surface area (Å²) in [6.45, 7) is 3.77. The molecule has 1 aromatic heterocycles. The molecule has 0 aliphatic heterocycles. The Balaban J connectivity index is 1.82. The molecule has 0 spiro atoms. The molecule has 0 saturated carbocycles. The summed E-state index contributed by atoms with van der Waals surface area (Å²) in [5.41, 5.74) is 6.06. The number of ketones is 1. The first-order chi connectivity index (χ1) is 17.3. The van der Waals surface area contributed by atoms with Crippen LogP contribution in [0.2, 0.25) is 0 Å². The summed E-state index contributed by atoms with van der Waals surface area (Å²) in [5.74, 6) is -0.386. The number of carbonyl (C=O) groups is 2. The maximum Gasteiger partial charge on any atom is 0.332 e. The first kappa shape index (κ1) is 26.4. The largest absolute Gasteiger partial charge is 0.497 e. The highest BCUT2D eigenvalue weighted by atomic mass is 16.5. The lowest BCUT2D eigenvalue weighted by atomic mass is 10.1. The molecule has 190 valence electrons. The molecule has 1 heterocycles. The van der Waals surface area contributed by atoms with Gasteiger partial charge >= 0.3 is 5.69 Å². The number of carbonyl (C=O) groups excluding carboxylic acids is 2. The van der Waals surface area contributed by atoms with Crippen molar-refractivity contribution in [1.82, 2.24) is 14.0 Å². The minimum absolute atomic E-state index is 0.0696. The van der Waals surface area contributed by atoms with Crippen molar-refractivity contribution in [1.29, 1.82) is 0 Å². The molecule has 3 N–H and O–H groups in total. The summed E-state index contributed by atoms with van der Waals surface area (Å²) in [5, 5.41) is 2.77. The standard InChI is InChI=1S/C26H31N5O5/c1-4-29(17-22(33)28-19-11-13-20(36-3)14-12-19)16-21(32)23-24(27)31(15-18-9-7-6-8-10-18)26(35)30(5-2)25(23)34/h6-14H,4-5,15-17,27H2,1-3H3,(H,28,33). The Morgan fingerprint density at radius 3 is 2.22 bits per heavy atom. The van der Waals surface area contributed by atoms with Crippen molar-refractivity contribution < 1.29 is 14.3 Å². The number of hydrogen-bond donors (Lipinski definition) is 2. The summed E-state index contributed by atoms with van der Waals surface area (Å²) >= 11 is 0. The fourth-order valence-electron chi connectivity index (χ4n) is 3.81. The Bertz CT molecular complexity index is 1330. The van der Waals surface area contributed by atoms with Crippen molar-refractivity contribution in [2.75, 3.05) is 37.8 Å². The summed E-state index contributed by atoms with van der Waals surface area (Å²) in [6.07, 6.45) is 0. The number of anilines is 2. The Morgan fingerprint density at radius 2 is 1.64 bits per heavy atom. The summed E-state index contributed by atoms with van der Waals surface area (Å²) < 4.78 is 7.34. The van der Waals surface area contributed by atoms with Gasteiger partial charge in [-0.15, -0.1) is 0 Å². The number of methoxy groups -OCH3 is 1. The molecule has 10 heteroatoms. The van der Waals surface area contributed by atoms with Crippen molar-refractivity contribution >= 4 is 23.2 Å². The molecular weight excluding hydrogens is 462 g/mol. The van der Waals surface area contributed by atoms with Crippen LogP contribution in [0.4, 0.5) is 11.5 Å². The number of hydrogen-bond acceptors (Lipinski definition) is 7. The van der Waals surface area contributed by atoms with Gasteiger partial charge in [0.1, 0.15) is 17.1 Å². The normalized spacial score (nSPS) is 10.9. The number of nitrogens with two attached hydrogens (primary N) is 1. The van der Waals surface area contributed by atoms with E-state index >= 15 is 0 Å². The Kier molecular flexibility index (Phi) is 8.80. The van der Waals surface area contributed by atoms with E-state index in [9.17, 15) is 19.2 Å². The quantitative estimate of drug-likeness (QED) is 0.390. The second kappa shape index (κ2) is 12.0. The molecule has 0 radical (unpaired) electrons. The highest BCUT2D eigenvalue weighted by molar-refractivity contribution is 6.01. The van der Waals surface area contributed by atoms with Crippen LogP contribution in [0.3, 0.4) is 0 Å². The third-order valence-electron chi connectivity index (χ3n) is 5.80. The van der Waals surface area contributed by atoms with Crippen molar-refractivity contribution in [3.8, 4) is 5.75 Å². The van der Waals surface area contributed by atoms with Crippen molar-refractivity contribution in [3.05, 3.63) is 86.6 Å². The van der Waals surface area contributed by atoms with Crippen molar-refractivity contribution in [3.63, 3.8) is 0 Å². The van der Waals surface area contributed by atoms with E-state index in [2.05, 4.69) is 5.32 Å². The highest BCUT2D eigenvalue weighted by Gasteiger charge is 2.24. The predicted octanol–water partition coefficient (Wildman–Crippen LogP) is 1.81. The summed E-state index contributed by atoms with van der Waals surface area (Å²) in [7, 11) is 1.56. The summed E-state index contributed by atoms with van der Waals surface area (Å²) in [4.78, 5) is 53.3. The zero-order valence-electron chi connectivity index (χ0n) is 20.7. The van der Waals surface area contributed by atoms with Gasteiger partial charge in [0.15, 0.2) is 5.78 Å². The SMILES string of the molecule is CCN(CC(=O)Nc1ccc(OC)cc1)CC(=O)c1c(N)n(Cc2ccccc2)c(=O)n(CC)c1=O. The third-order valence-corrected chi connectivity index (χ3v) is 5.80. The molecule has 1 amide bonds. The lowest BCUT2D eigenvalue weighted by Gasteiger charge is -2.20. The van der Waals surface area contributed by atoms with Crippen molar-refractivity contribution in [2.24, 2.45) is 0 Å². The molecule has 0 aliphatic carbocycles. The second-order valence-corrected chi connectivity index (χ2v) is 8.17. The number of aromatic nitrogens is 2. The van der Waals surface area contributed by atoms with Crippen LogP contribution in [0.5, 0.6) is 5.75 Å². The maximum atomic E-state index is 13.3. The van der Waals surface area contributed by atoms with Crippen LogP contribution in [-0.2, 0) is 17.9 Å². The smallest absolute Gasteiger partial charge is 0.332 e.